The van der Waals surface area contributed by atoms with Gasteiger partial charge in [-0.25, -0.2) is 0 Å². The molecule has 0 heterocycles. The molecule has 0 atom stereocenters. The molecule has 1 radical (unpaired) electrons. The van der Waals surface area contributed by atoms with Gasteiger partial charge in [0.05, 0.1) is 16.3 Å². The van der Waals surface area contributed by atoms with Crippen molar-refractivity contribution in [3.05, 3.63) is 48.5 Å². The fourth-order valence-corrected chi connectivity index (χ4v) is 2.41. The molecule has 0 saturated heterocycles. The standard InChI is InChI=1S/C12H9N2O6S2/c15-21(16,17)11-6-4-9(5-7-11)13-14-10-2-1-3-12(8-10)22(18,19)20/h1-2,4-8H,(H,15,16,17)(H,18,19,20)/b14-13+. The summed E-state index contributed by atoms with van der Waals surface area (Å²) < 4.78 is 61.4. The minimum Gasteiger partial charge on any atom is -0.282 e. The fraction of sp³-hybridized carbons (Fsp3) is 0. The summed E-state index contributed by atoms with van der Waals surface area (Å²) in [4.78, 5) is -0.722. The van der Waals surface area contributed by atoms with Crippen molar-refractivity contribution in [2.75, 3.05) is 0 Å². The van der Waals surface area contributed by atoms with Crippen LogP contribution >= 0.6 is 0 Å². The molecule has 22 heavy (non-hydrogen) atoms. The molecule has 0 saturated carbocycles. The SMILES string of the molecule is O=S(=O)(O)c1[c]ccc(/N=N/c2ccc(S(=O)(=O)O)cc2)c1. The van der Waals surface area contributed by atoms with Gasteiger partial charge in [-0.3, -0.25) is 9.11 Å². The van der Waals surface area contributed by atoms with Crippen LogP contribution in [-0.4, -0.2) is 25.9 Å². The molecule has 0 aliphatic carbocycles. The zero-order chi connectivity index (χ0) is 16.4. The predicted molar refractivity (Wildman–Crippen MR) is 75.5 cm³/mol. The van der Waals surface area contributed by atoms with Gasteiger partial charge in [0, 0.05) is 6.07 Å². The summed E-state index contributed by atoms with van der Waals surface area (Å²) in [5.74, 6) is 0. The van der Waals surface area contributed by atoms with Gasteiger partial charge >= 0.3 is 0 Å². The van der Waals surface area contributed by atoms with Crippen molar-refractivity contribution in [1.82, 2.24) is 0 Å². The molecule has 2 N–H and O–H groups in total. The molecule has 2 aromatic carbocycles. The lowest BCUT2D eigenvalue weighted by Gasteiger charge is -1.98. The van der Waals surface area contributed by atoms with Gasteiger partial charge in [0.15, 0.2) is 0 Å². The third-order valence-electron chi connectivity index (χ3n) is 2.45. The first kappa shape index (κ1) is 16.2. The molecule has 2 rings (SSSR count). The van der Waals surface area contributed by atoms with Crippen LogP contribution < -0.4 is 0 Å². The molecule has 0 aliphatic rings. The zero-order valence-corrected chi connectivity index (χ0v) is 12.4. The van der Waals surface area contributed by atoms with E-state index < -0.39 is 25.1 Å². The van der Waals surface area contributed by atoms with Crippen molar-refractivity contribution in [3.8, 4) is 0 Å². The minimum absolute atomic E-state index is 0.158. The largest absolute Gasteiger partial charge is 0.295 e. The second-order valence-electron chi connectivity index (χ2n) is 4.06. The Bertz CT molecular complexity index is 918. The van der Waals surface area contributed by atoms with Gasteiger partial charge in [-0.2, -0.15) is 27.1 Å². The van der Waals surface area contributed by atoms with Crippen LogP contribution in [0.5, 0.6) is 0 Å². The van der Waals surface area contributed by atoms with Crippen LogP contribution in [0.4, 0.5) is 11.4 Å². The van der Waals surface area contributed by atoms with Gasteiger partial charge < -0.3 is 0 Å². The molecule has 0 spiro atoms. The summed E-state index contributed by atoms with van der Waals surface area (Å²) in [6.45, 7) is 0. The van der Waals surface area contributed by atoms with Crippen LogP contribution in [0.15, 0.2) is 62.5 Å². The first-order chi connectivity index (χ1) is 10.2. The Morgan fingerprint density at radius 3 is 1.95 bits per heavy atom. The summed E-state index contributed by atoms with van der Waals surface area (Å²) in [7, 11) is -8.66. The molecule has 0 bridgehead atoms. The summed E-state index contributed by atoms with van der Waals surface area (Å²) in [5, 5.41) is 7.54. The van der Waals surface area contributed by atoms with Crippen molar-refractivity contribution in [3.63, 3.8) is 0 Å². The summed E-state index contributed by atoms with van der Waals surface area (Å²) in [5.41, 5.74) is 0.443. The smallest absolute Gasteiger partial charge is 0.282 e. The number of rotatable bonds is 4. The van der Waals surface area contributed by atoms with Gasteiger partial charge in [0.2, 0.25) is 0 Å². The van der Waals surface area contributed by atoms with E-state index >= 15 is 0 Å². The van der Waals surface area contributed by atoms with Gasteiger partial charge in [0.1, 0.15) is 4.90 Å². The quantitative estimate of drug-likeness (QED) is 0.648. The zero-order valence-electron chi connectivity index (χ0n) is 10.8. The summed E-state index contributed by atoms with van der Waals surface area (Å²) >= 11 is 0. The van der Waals surface area contributed by atoms with Gasteiger partial charge in [-0.05, 0) is 36.4 Å². The molecule has 115 valence electrons. The van der Waals surface area contributed by atoms with Crippen LogP contribution in [0.2, 0.25) is 0 Å². The van der Waals surface area contributed by atoms with Crippen molar-refractivity contribution in [1.29, 1.82) is 0 Å². The molecule has 0 aromatic heterocycles. The Morgan fingerprint density at radius 1 is 0.818 bits per heavy atom. The number of hydrogen-bond donors (Lipinski definition) is 2. The third kappa shape index (κ3) is 4.18. The maximum atomic E-state index is 11.0. The van der Waals surface area contributed by atoms with Crippen LogP contribution in [0.3, 0.4) is 0 Å². The number of hydrogen-bond acceptors (Lipinski definition) is 6. The van der Waals surface area contributed by atoms with E-state index in [1.165, 1.54) is 24.3 Å². The lowest BCUT2D eigenvalue weighted by atomic mass is 10.3. The van der Waals surface area contributed by atoms with Crippen molar-refractivity contribution in [2.45, 2.75) is 9.79 Å². The second kappa shape index (κ2) is 5.93. The van der Waals surface area contributed by atoms with Gasteiger partial charge in [0.25, 0.3) is 20.2 Å². The molecule has 0 aliphatic heterocycles. The lowest BCUT2D eigenvalue weighted by molar-refractivity contribution is 0.481. The molecule has 2 aromatic rings. The maximum Gasteiger partial charge on any atom is 0.295 e. The van der Waals surface area contributed by atoms with E-state index in [2.05, 4.69) is 16.3 Å². The number of benzene rings is 2. The Hall–Kier alpha value is -2.14. The van der Waals surface area contributed by atoms with E-state index in [9.17, 15) is 16.8 Å². The average Bonchev–Trinajstić information content (AvgIpc) is 2.44. The van der Waals surface area contributed by atoms with Crippen molar-refractivity contribution < 1.29 is 25.9 Å². The van der Waals surface area contributed by atoms with Crippen LogP contribution in [-0.2, 0) is 20.2 Å². The monoisotopic (exact) mass is 341 g/mol. The molecule has 8 nitrogen and oxygen atoms in total. The molecule has 0 amide bonds. The first-order valence-electron chi connectivity index (χ1n) is 5.65. The summed E-state index contributed by atoms with van der Waals surface area (Å²) in [6, 6.07) is 11.0. The fourth-order valence-electron chi connectivity index (χ4n) is 1.44. The Balaban J connectivity index is 2.26. The van der Waals surface area contributed by atoms with E-state index in [0.29, 0.717) is 0 Å². The second-order valence-corrected chi connectivity index (χ2v) is 6.87. The number of azo groups is 1. The molecule has 10 heteroatoms. The third-order valence-corrected chi connectivity index (χ3v) is 4.11. The van der Waals surface area contributed by atoms with Gasteiger partial charge in [-0.15, -0.1) is 0 Å². The Kier molecular flexibility index (Phi) is 4.37. The normalized spacial score (nSPS) is 12.6. The van der Waals surface area contributed by atoms with Crippen LogP contribution in [0, 0.1) is 6.07 Å². The van der Waals surface area contributed by atoms with E-state index in [0.717, 1.165) is 18.2 Å². The highest BCUT2D eigenvalue weighted by atomic mass is 32.2. The topological polar surface area (TPSA) is 133 Å². The van der Waals surface area contributed by atoms with E-state index in [-0.39, 0.29) is 16.3 Å². The maximum absolute atomic E-state index is 11.0. The highest BCUT2D eigenvalue weighted by molar-refractivity contribution is 7.86. The lowest BCUT2D eigenvalue weighted by Crippen LogP contribution is -1.97. The Morgan fingerprint density at radius 2 is 1.41 bits per heavy atom. The molecule has 0 unspecified atom stereocenters. The highest BCUT2D eigenvalue weighted by Crippen LogP contribution is 2.22. The van der Waals surface area contributed by atoms with E-state index in [1.807, 2.05) is 0 Å². The minimum atomic E-state index is -4.38. The van der Waals surface area contributed by atoms with E-state index in [4.69, 9.17) is 9.11 Å². The Labute approximate surface area is 126 Å². The van der Waals surface area contributed by atoms with Crippen molar-refractivity contribution in [2.24, 2.45) is 10.2 Å². The number of nitrogens with zero attached hydrogens (tertiary/aromatic N) is 2. The average molecular weight is 341 g/mol. The first-order valence-corrected chi connectivity index (χ1v) is 8.53. The molecular formula is C12H9N2O6S2. The van der Waals surface area contributed by atoms with Gasteiger partial charge in [-0.1, -0.05) is 6.07 Å². The molecular weight excluding hydrogens is 332 g/mol. The predicted octanol–water partition coefficient (Wildman–Crippen LogP) is 2.40. The van der Waals surface area contributed by atoms with Crippen LogP contribution in [0.25, 0.3) is 0 Å². The van der Waals surface area contributed by atoms with Crippen molar-refractivity contribution >= 4 is 31.6 Å². The molecule has 0 fully saturated rings. The van der Waals surface area contributed by atoms with E-state index in [1.54, 1.807) is 0 Å². The van der Waals surface area contributed by atoms with Crippen LogP contribution in [0.1, 0.15) is 0 Å². The summed E-state index contributed by atoms with van der Waals surface area (Å²) in [6.07, 6.45) is 0. The highest BCUT2D eigenvalue weighted by Gasteiger charge is 2.10.